The Morgan fingerprint density at radius 3 is 2.55 bits per heavy atom. The van der Waals surface area contributed by atoms with Crippen molar-refractivity contribution >= 4 is 44.0 Å². The van der Waals surface area contributed by atoms with Gasteiger partial charge in [-0.25, -0.2) is 18.2 Å². The number of thiophene rings is 1. The molecule has 4 heterocycles. The summed E-state index contributed by atoms with van der Waals surface area (Å²) in [5, 5.41) is 4.70. The first-order chi connectivity index (χ1) is 14.7. The summed E-state index contributed by atoms with van der Waals surface area (Å²) < 4.78 is 29.2. The van der Waals surface area contributed by atoms with Crippen LogP contribution in [0.1, 0.15) is 12.8 Å². The number of aryl methyl sites for hydroxylation is 1. The third-order valence-corrected chi connectivity index (χ3v) is 8.75. The molecule has 12 heteroatoms. The summed E-state index contributed by atoms with van der Waals surface area (Å²) in [5.41, 5.74) is -0.389. The van der Waals surface area contributed by atoms with Crippen molar-refractivity contribution in [3.05, 3.63) is 50.6 Å². The van der Waals surface area contributed by atoms with Gasteiger partial charge in [0.05, 0.1) is 17.3 Å². The molecule has 31 heavy (non-hydrogen) atoms. The molecule has 164 valence electrons. The van der Waals surface area contributed by atoms with Crippen LogP contribution in [0.15, 0.2) is 43.6 Å². The molecule has 0 radical (unpaired) electrons. The highest BCUT2D eigenvalue weighted by Crippen LogP contribution is 2.27. The van der Waals surface area contributed by atoms with Gasteiger partial charge < -0.3 is 5.32 Å². The smallest absolute Gasteiger partial charge is 0.324 e. The second-order valence-electron chi connectivity index (χ2n) is 7.40. The van der Waals surface area contributed by atoms with Crippen molar-refractivity contribution in [2.24, 2.45) is 20.0 Å². The van der Waals surface area contributed by atoms with Crippen LogP contribution in [0.4, 0.5) is 5.69 Å². The standard InChI is InChI=1S/C19H21N5O5S2/c1-22-16-14(18(26)23(2)19(22)27)10-13(11-20-16)21-17(25)12-5-7-24(8-6-12)31(28,29)15-4-3-9-30-15/h3-4,9-12H,5-8H2,1-2H3,(H,21,25). The number of hydrogen-bond acceptors (Lipinski definition) is 7. The lowest BCUT2D eigenvalue weighted by atomic mass is 9.97. The summed E-state index contributed by atoms with van der Waals surface area (Å²) in [6.07, 6.45) is 2.19. The SMILES string of the molecule is Cn1c(=O)c2cc(NC(=O)C3CCN(S(=O)(=O)c4cccs4)CC3)cnc2n(C)c1=O. The molecule has 0 atom stereocenters. The Morgan fingerprint density at radius 2 is 1.90 bits per heavy atom. The molecule has 1 fully saturated rings. The molecule has 1 aliphatic heterocycles. The first-order valence-electron chi connectivity index (χ1n) is 9.60. The summed E-state index contributed by atoms with van der Waals surface area (Å²) in [7, 11) is -0.619. The zero-order chi connectivity index (χ0) is 22.3. The van der Waals surface area contributed by atoms with E-state index in [-0.39, 0.29) is 35.9 Å². The topological polar surface area (TPSA) is 123 Å². The van der Waals surface area contributed by atoms with E-state index in [2.05, 4.69) is 10.3 Å². The molecule has 0 bridgehead atoms. The van der Waals surface area contributed by atoms with Gasteiger partial charge in [0.2, 0.25) is 5.91 Å². The molecule has 0 unspecified atom stereocenters. The maximum Gasteiger partial charge on any atom is 0.332 e. The zero-order valence-electron chi connectivity index (χ0n) is 16.9. The predicted molar refractivity (Wildman–Crippen MR) is 117 cm³/mol. The van der Waals surface area contributed by atoms with E-state index in [0.29, 0.717) is 22.7 Å². The summed E-state index contributed by atoms with van der Waals surface area (Å²) in [4.78, 5) is 41.3. The van der Waals surface area contributed by atoms with Crippen molar-refractivity contribution in [1.82, 2.24) is 18.4 Å². The minimum absolute atomic E-state index is 0.222. The van der Waals surface area contributed by atoms with Crippen molar-refractivity contribution in [3.63, 3.8) is 0 Å². The van der Waals surface area contributed by atoms with Gasteiger partial charge >= 0.3 is 5.69 Å². The minimum atomic E-state index is -3.52. The number of sulfonamides is 1. The van der Waals surface area contributed by atoms with Crippen LogP contribution < -0.4 is 16.6 Å². The summed E-state index contributed by atoms with van der Waals surface area (Å²) in [5.74, 6) is -0.607. The molecule has 10 nitrogen and oxygen atoms in total. The lowest BCUT2D eigenvalue weighted by molar-refractivity contribution is -0.120. The van der Waals surface area contributed by atoms with Gasteiger partial charge in [0.15, 0.2) is 0 Å². The normalized spacial score (nSPS) is 15.9. The number of pyridine rings is 1. The van der Waals surface area contributed by atoms with E-state index in [1.807, 2.05) is 0 Å². The highest BCUT2D eigenvalue weighted by molar-refractivity contribution is 7.91. The number of hydrogen-bond donors (Lipinski definition) is 1. The Balaban J connectivity index is 1.48. The number of rotatable bonds is 4. The van der Waals surface area contributed by atoms with E-state index in [4.69, 9.17) is 0 Å². The molecular weight excluding hydrogens is 442 g/mol. The van der Waals surface area contributed by atoms with E-state index in [1.54, 1.807) is 17.5 Å². The van der Waals surface area contributed by atoms with Crippen LogP contribution >= 0.6 is 11.3 Å². The molecule has 0 aliphatic carbocycles. The number of carbonyl (C=O) groups is 1. The van der Waals surface area contributed by atoms with Crippen molar-refractivity contribution < 1.29 is 13.2 Å². The molecule has 0 aromatic carbocycles. The van der Waals surface area contributed by atoms with Crippen molar-refractivity contribution in [2.45, 2.75) is 17.1 Å². The lowest BCUT2D eigenvalue weighted by Crippen LogP contribution is -2.41. The largest absolute Gasteiger partial charge is 0.332 e. The average molecular weight is 464 g/mol. The Morgan fingerprint density at radius 1 is 1.19 bits per heavy atom. The quantitative estimate of drug-likeness (QED) is 0.609. The number of piperidine rings is 1. The first kappa shape index (κ1) is 21.4. The number of nitrogens with zero attached hydrogens (tertiary/aromatic N) is 4. The second-order valence-corrected chi connectivity index (χ2v) is 10.5. The van der Waals surface area contributed by atoms with Gasteiger partial charge in [-0.2, -0.15) is 4.31 Å². The molecule has 1 saturated heterocycles. The number of amides is 1. The second kappa shape index (κ2) is 8.02. The van der Waals surface area contributed by atoms with Gasteiger partial charge in [0.1, 0.15) is 9.86 Å². The summed E-state index contributed by atoms with van der Waals surface area (Å²) in [6.45, 7) is 0.522. The zero-order valence-corrected chi connectivity index (χ0v) is 18.6. The molecule has 0 saturated carbocycles. The van der Waals surface area contributed by atoms with Crippen molar-refractivity contribution in [1.29, 1.82) is 0 Å². The van der Waals surface area contributed by atoms with Crippen LogP contribution in [0.25, 0.3) is 11.0 Å². The van der Waals surface area contributed by atoms with Gasteiger partial charge in [-0.15, -0.1) is 11.3 Å². The monoisotopic (exact) mass is 463 g/mol. The van der Waals surface area contributed by atoms with Crippen molar-refractivity contribution in [3.8, 4) is 0 Å². The molecular formula is C19H21N5O5S2. The molecule has 1 amide bonds. The van der Waals surface area contributed by atoms with Crippen molar-refractivity contribution in [2.75, 3.05) is 18.4 Å². The Labute approximate surface area is 181 Å². The van der Waals surface area contributed by atoms with Gasteiger partial charge in [0.25, 0.3) is 15.6 Å². The summed E-state index contributed by atoms with van der Waals surface area (Å²) in [6, 6.07) is 4.77. The van der Waals surface area contributed by atoms with E-state index in [9.17, 15) is 22.8 Å². The van der Waals surface area contributed by atoms with E-state index < -0.39 is 21.3 Å². The predicted octanol–water partition coefficient (Wildman–Crippen LogP) is 0.733. The molecule has 0 spiro atoms. The molecule has 1 aliphatic rings. The highest BCUT2D eigenvalue weighted by atomic mass is 32.2. The fraction of sp³-hybridized carbons (Fsp3) is 0.368. The van der Waals surface area contributed by atoms with Crippen LogP contribution in [0.2, 0.25) is 0 Å². The average Bonchev–Trinajstić information content (AvgIpc) is 3.32. The van der Waals surface area contributed by atoms with Crippen LogP contribution in [-0.4, -0.2) is 45.8 Å². The van der Waals surface area contributed by atoms with Crippen LogP contribution in [0.3, 0.4) is 0 Å². The maximum absolute atomic E-state index is 12.7. The minimum Gasteiger partial charge on any atom is -0.324 e. The lowest BCUT2D eigenvalue weighted by Gasteiger charge is -2.30. The van der Waals surface area contributed by atoms with Gasteiger partial charge in [0, 0.05) is 33.1 Å². The summed E-state index contributed by atoms with van der Waals surface area (Å²) >= 11 is 1.17. The Bertz CT molecular complexity index is 1370. The van der Waals surface area contributed by atoms with Gasteiger partial charge in [-0.05, 0) is 30.4 Å². The van der Waals surface area contributed by atoms with Crippen LogP contribution in [0.5, 0.6) is 0 Å². The Kier molecular flexibility index (Phi) is 5.54. The third-order valence-electron chi connectivity index (χ3n) is 5.47. The van der Waals surface area contributed by atoms with Gasteiger partial charge in [-0.3, -0.25) is 18.7 Å². The fourth-order valence-corrected chi connectivity index (χ4v) is 6.29. The fourth-order valence-electron chi connectivity index (χ4n) is 3.67. The Hall–Kier alpha value is -2.83. The highest BCUT2D eigenvalue weighted by Gasteiger charge is 2.32. The number of carbonyl (C=O) groups excluding carboxylic acids is 1. The van der Waals surface area contributed by atoms with Gasteiger partial charge in [-0.1, -0.05) is 6.07 Å². The number of nitrogens with one attached hydrogen (secondary N) is 1. The molecule has 4 rings (SSSR count). The van der Waals surface area contributed by atoms with E-state index in [1.165, 1.54) is 46.6 Å². The molecule has 1 N–H and O–H groups in total. The molecule has 3 aromatic heterocycles. The van der Waals surface area contributed by atoms with E-state index in [0.717, 1.165) is 4.57 Å². The van der Waals surface area contributed by atoms with Crippen LogP contribution in [0, 0.1) is 5.92 Å². The third kappa shape index (κ3) is 3.82. The number of anilines is 1. The number of fused-ring (bicyclic) bond motifs is 1. The van der Waals surface area contributed by atoms with Crippen LogP contribution in [-0.2, 0) is 28.9 Å². The molecule has 3 aromatic rings. The first-order valence-corrected chi connectivity index (χ1v) is 11.9. The maximum atomic E-state index is 12.7. The number of aromatic nitrogens is 3. The van der Waals surface area contributed by atoms with E-state index >= 15 is 0 Å².